The predicted octanol–water partition coefficient (Wildman–Crippen LogP) is 6.81. The van der Waals surface area contributed by atoms with Gasteiger partial charge in [-0.25, -0.2) is 13.9 Å². The fourth-order valence-corrected chi connectivity index (χ4v) is 5.30. The van der Waals surface area contributed by atoms with Crippen molar-refractivity contribution in [2.45, 2.75) is 59.8 Å². The van der Waals surface area contributed by atoms with Crippen LogP contribution in [-0.2, 0) is 19.1 Å². The number of benzene rings is 2. The minimum atomic E-state index is -4.52. The lowest BCUT2D eigenvalue weighted by atomic mass is 10.1. The Hall–Kier alpha value is -3.60. The Morgan fingerprint density at radius 3 is 2.26 bits per heavy atom. The summed E-state index contributed by atoms with van der Waals surface area (Å²) < 4.78 is 55.5. The summed E-state index contributed by atoms with van der Waals surface area (Å²) in [4.78, 5) is 19.9. The lowest BCUT2D eigenvalue weighted by Gasteiger charge is -2.38. The van der Waals surface area contributed by atoms with Crippen LogP contribution < -0.4 is 10.2 Å². The summed E-state index contributed by atoms with van der Waals surface area (Å²) in [7, 11) is 0. The van der Waals surface area contributed by atoms with Crippen LogP contribution in [0, 0.1) is 11.7 Å². The Kier molecular flexibility index (Phi) is 9.81. The van der Waals surface area contributed by atoms with Crippen LogP contribution in [0.3, 0.4) is 0 Å². The normalized spacial score (nSPS) is 14.6. The van der Waals surface area contributed by atoms with Crippen LogP contribution in [-0.4, -0.2) is 64.4 Å². The number of rotatable bonds is 9. The van der Waals surface area contributed by atoms with Crippen molar-refractivity contribution in [1.82, 2.24) is 19.6 Å². The van der Waals surface area contributed by atoms with E-state index >= 15 is 0 Å². The fraction of sp³-hybridized carbons (Fsp3) is 0.484. The van der Waals surface area contributed by atoms with Gasteiger partial charge in [-0.15, -0.1) is 0 Å². The van der Waals surface area contributed by atoms with Gasteiger partial charge in [0.2, 0.25) is 0 Å². The Balaban J connectivity index is 1.72. The number of hydrogen-bond acceptors (Lipinski definition) is 4. The average Bonchev–Trinajstić information content (AvgIpc) is 3.30. The van der Waals surface area contributed by atoms with E-state index in [2.05, 4.69) is 29.0 Å². The Morgan fingerprint density at radius 2 is 1.69 bits per heavy atom. The van der Waals surface area contributed by atoms with Gasteiger partial charge in [-0.05, 0) is 68.7 Å². The van der Waals surface area contributed by atoms with Crippen LogP contribution in [0.4, 0.5) is 33.9 Å². The molecule has 0 spiro atoms. The zero-order chi connectivity index (χ0) is 30.6. The van der Waals surface area contributed by atoms with E-state index in [4.69, 9.17) is 5.10 Å². The van der Waals surface area contributed by atoms with Gasteiger partial charge in [0.1, 0.15) is 11.6 Å². The van der Waals surface area contributed by atoms with Gasteiger partial charge in [0.15, 0.2) is 0 Å². The summed E-state index contributed by atoms with van der Waals surface area (Å²) in [5.41, 5.74) is 1.64. The molecule has 0 radical (unpaired) electrons. The summed E-state index contributed by atoms with van der Waals surface area (Å²) in [6.07, 6.45) is -3.91. The molecule has 0 atom stereocenters. The standard InChI is InChI=1S/C31H40F4N6O/c1-6-28-27(20-40(19-21(2)3)30(42)36-25-9-7-8-23(18-25)31(33,34)35)29(39-16-14-38(15-17-39)22(4)5)41(37-28)26-12-10-24(32)11-13-26/h7-13,18,21-22H,6,14-17,19-20H2,1-5H3,(H,36,42). The molecule has 1 N–H and O–H groups in total. The molecule has 0 saturated carbocycles. The van der Waals surface area contributed by atoms with Crippen LogP contribution in [0.2, 0.25) is 0 Å². The Bertz CT molecular complexity index is 1340. The first kappa shape index (κ1) is 31.3. The van der Waals surface area contributed by atoms with Crippen LogP contribution in [0.1, 0.15) is 51.4 Å². The first-order chi connectivity index (χ1) is 19.9. The van der Waals surface area contributed by atoms with Crippen molar-refractivity contribution in [3.63, 3.8) is 0 Å². The molecule has 4 rings (SSSR count). The number of piperazine rings is 1. The van der Waals surface area contributed by atoms with Crippen molar-refractivity contribution in [3.8, 4) is 5.69 Å². The van der Waals surface area contributed by atoms with Crippen molar-refractivity contribution in [2.75, 3.05) is 42.9 Å². The van der Waals surface area contributed by atoms with E-state index in [1.165, 1.54) is 24.3 Å². The highest BCUT2D eigenvalue weighted by molar-refractivity contribution is 5.89. The Labute approximate surface area is 245 Å². The number of carbonyl (C=O) groups is 1. The van der Waals surface area contributed by atoms with Crippen LogP contribution in [0.5, 0.6) is 0 Å². The number of halogens is 4. The number of aryl methyl sites for hydroxylation is 1. The average molecular weight is 589 g/mol. The van der Waals surface area contributed by atoms with Crippen molar-refractivity contribution in [3.05, 3.63) is 71.2 Å². The molecule has 42 heavy (non-hydrogen) atoms. The summed E-state index contributed by atoms with van der Waals surface area (Å²) >= 11 is 0. The molecule has 2 heterocycles. The number of anilines is 2. The van der Waals surface area contributed by atoms with Gasteiger partial charge in [0.05, 0.1) is 23.5 Å². The first-order valence-electron chi connectivity index (χ1n) is 14.5. The maximum Gasteiger partial charge on any atom is 0.416 e. The van der Waals surface area contributed by atoms with Gasteiger partial charge >= 0.3 is 12.2 Å². The molecule has 7 nitrogen and oxygen atoms in total. The number of hydrogen-bond donors (Lipinski definition) is 1. The van der Waals surface area contributed by atoms with Gasteiger partial charge in [0.25, 0.3) is 0 Å². The van der Waals surface area contributed by atoms with E-state index in [0.29, 0.717) is 24.7 Å². The van der Waals surface area contributed by atoms with E-state index in [1.807, 2.05) is 25.5 Å². The lowest BCUT2D eigenvalue weighted by Crippen LogP contribution is -2.49. The van der Waals surface area contributed by atoms with E-state index in [-0.39, 0.29) is 24.0 Å². The molecule has 2 amide bonds. The highest BCUT2D eigenvalue weighted by atomic mass is 19.4. The minimum Gasteiger partial charge on any atom is -0.354 e. The van der Waals surface area contributed by atoms with Crippen molar-refractivity contribution < 1.29 is 22.4 Å². The van der Waals surface area contributed by atoms with Crippen LogP contribution in [0.25, 0.3) is 5.69 Å². The fourth-order valence-electron chi connectivity index (χ4n) is 5.30. The quantitative estimate of drug-likeness (QED) is 0.279. The first-order valence-corrected chi connectivity index (χ1v) is 14.5. The molecule has 1 aromatic heterocycles. The number of nitrogens with one attached hydrogen (secondary N) is 1. The monoisotopic (exact) mass is 588 g/mol. The molecule has 1 aliphatic rings. The molecule has 0 unspecified atom stereocenters. The highest BCUT2D eigenvalue weighted by Gasteiger charge is 2.32. The third kappa shape index (κ3) is 7.42. The maximum atomic E-state index is 13.8. The molecule has 0 aliphatic carbocycles. The smallest absolute Gasteiger partial charge is 0.354 e. The molecule has 3 aromatic rings. The number of aromatic nitrogens is 2. The van der Waals surface area contributed by atoms with Crippen LogP contribution in [0.15, 0.2) is 48.5 Å². The van der Waals surface area contributed by atoms with Gasteiger partial charge in [-0.3, -0.25) is 4.90 Å². The van der Waals surface area contributed by atoms with Gasteiger partial charge in [-0.2, -0.15) is 18.3 Å². The molecule has 2 aromatic carbocycles. The molecular formula is C31H40F4N6O. The molecule has 228 valence electrons. The zero-order valence-electron chi connectivity index (χ0n) is 24.9. The molecule has 1 saturated heterocycles. The predicted molar refractivity (Wildman–Crippen MR) is 158 cm³/mol. The van der Waals surface area contributed by atoms with Gasteiger partial charge < -0.3 is 15.1 Å². The number of urea groups is 1. The molecule has 0 bridgehead atoms. The Morgan fingerprint density at radius 1 is 1.02 bits per heavy atom. The number of alkyl halides is 3. The molecule has 1 aliphatic heterocycles. The van der Waals surface area contributed by atoms with E-state index in [9.17, 15) is 22.4 Å². The highest BCUT2D eigenvalue weighted by Crippen LogP contribution is 2.33. The number of amides is 2. The third-order valence-electron chi connectivity index (χ3n) is 7.45. The summed E-state index contributed by atoms with van der Waals surface area (Å²) in [6, 6.07) is 10.7. The topological polar surface area (TPSA) is 56.6 Å². The maximum absolute atomic E-state index is 13.8. The number of nitrogens with zero attached hydrogens (tertiary/aromatic N) is 5. The lowest BCUT2D eigenvalue weighted by molar-refractivity contribution is -0.137. The summed E-state index contributed by atoms with van der Waals surface area (Å²) in [5.74, 6) is 0.610. The summed E-state index contributed by atoms with van der Waals surface area (Å²) in [5, 5.41) is 7.61. The second-order valence-electron chi connectivity index (χ2n) is 11.4. The SMILES string of the molecule is CCc1nn(-c2ccc(F)cc2)c(N2CCN(C(C)C)CC2)c1CN(CC(C)C)C(=O)Nc1cccc(C(F)(F)F)c1. The summed E-state index contributed by atoms with van der Waals surface area (Å²) in [6.45, 7) is 14.1. The van der Waals surface area contributed by atoms with Crippen molar-refractivity contribution in [1.29, 1.82) is 0 Å². The van der Waals surface area contributed by atoms with Crippen LogP contribution >= 0.6 is 0 Å². The second kappa shape index (κ2) is 13.1. The van der Waals surface area contributed by atoms with Crippen molar-refractivity contribution >= 4 is 17.5 Å². The van der Waals surface area contributed by atoms with Gasteiger partial charge in [0, 0.05) is 50.0 Å². The second-order valence-corrected chi connectivity index (χ2v) is 11.4. The van der Waals surface area contributed by atoms with Crippen molar-refractivity contribution in [2.24, 2.45) is 5.92 Å². The third-order valence-corrected chi connectivity index (χ3v) is 7.45. The molecule has 1 fully saturated rings. The van der Waals surface area contributed by atoms with E-state index in [0.717, 1.165) is 55.4 Å². The minimum absolute atomic E-state index is 0.0753. The number of carbonyl (C=O) groups excluding carboxylic acids is 1. The molecule has 11 heteroatoms. The van der Waals surface area contributed by atoms with Gasteiger partial charge in [-0.1, -0.05) is 26.8 Å². The largest absolute Gasteiger partial charge is 0.416 e. The van der Waals surface area contributed by atoms with E-state index in [1.54, 1.807) is 17.0 Å². The zero-order valence-corrected chi connectivity index (χ0v) is 24.9. The van der Waals surface area contributed by atoms with E-state index < -0.39 is 17.8 Å². The molecular weight excluding hydrogens is 548 g/mol.